The van der Waals surface area contributed by atoms with E-state index < -0.39 is 0 Å². The molecule has 1 fully saturated rings. The van der Waals surface area contributed by atoms with Crippen LogP contribution in [0.1, 0.15) is 18.4 Å². The van der Waals surface area contributed by atoms with E-state index in [4.69, 9.17) is 4.74 Å². The Morgan fingerprint density at radius 2 is 2.22 bits per heavy atom. The van der Waals surface area contributed by atoms with E-state index in [0.717, 1.165) is 24.0 Å². The molecule has 100 valence electrons. The summed E-state index contributed by atoms with van der Waals surface area (Å²) in [6.07, 6.45) is 3.70. The molecule has 0 saturated carbocycles. The average molecular weight is 253 g/mol. The van der Waals surface area contributed by atoms with Crippen LogP contribution >= 0.6 is 0 Å². The number of nitrogens with zero attached hydrogens (tertiary/aromatic N) is 2. The predicted molar refractivity (Wildman–Crippen MR) is 67.6 cm³/mol. The number of hydrogen-bond acceptors (Lipinski definition) is 4. The van der Waals surface area contributed by atoms with Crippen molar-refractivity contribution in [1.29, 1.82) is 0 Å². The standard InChI is InChI=1S/C12H19N3O3/c1-14-7-9(11(16)15(2)12(14)17)6-13-10-4-3-5-18-8-10/h7,10,13H,3-6,8H2,1-2H3. The largest absolute Gasteiger partial charge is 0.380 e. The fourth-order valence-electron chi connectivity index (χ4n) is 2.16. The molecule has 2 rings (SSSR count). The van der Waals surface area contributed by atoms with Gasteiger partial charge >= 0.3 is 5.69 Å². The van der Waals surface area contributed by atoms with Crippen molar-refractivity contribution in [3.63, 3.8) is 0 Å². The summed E-state index contributed by atoms with van der Waals surface area (Å²) in [7, 11) is 3.15. The van der Waals surface area contributed by atoms with E-state index in [9.17, 15) is 9.59 Å². The SMILES string of the molecule is Cn1cc(CNC2CCCOC2)c(=O)n(C)c1=O. The zero-order chi connectivity index (χ0) is 13.1. The van der Waals surface area contributed by atoms with Gasteiger partial charge in [0.05, 0.1) is 6.61 Å². The van der Waals surface area contributed by atoms with Gasteiger partial charge in [-0.3, -0.25) is 9.36 Å². The zero-order valence-electron chi connectivity index (χ0n) is 10.8. The minimum atomic E-state index is -0.301. The summed E-state index contributed by atoms with van der Waals surface area (Å²) in [4.78, 5) is 23.4. The number of aromatic nitrogens is 2. The molecule has 1 aromatic heterocycles. The lowest BCUT2D eigenvalue weighted by atomic mass is 10.1. The van der Waals surface area contributed by atoms with Crippen LogP contribution in [0, 0.1) is 0 Å². The minimum Gasteiger partial charge on any atom is -0.380 e. The second kappa shape index (κ2) is 5.49. The van der Waals surface area contributed by atoms with Crippen LogP contribution in [0.2, 0.25) is 0 Å². The maximum absolute atomic E-state index is 11.9. The molecule has 0 radical (unpaired) electrons. The molecule has 0 bridgehead atoms. The lowest BCUT2D eigenvalue weighted by molar-refractivity contribution is 0.0699. The molecule has 1 aliphatic heterocycles. The summed E-state index contributed by atoms with van der Waals surface area (Å²) in [6.45, 7) is 1.97. The van der Waals surface area contributed by atoms with Gasteiger partial charge in [0.2, 0.25) is 0 Å². The molecule has 1 aromatic rings. The molecule has 1 unspecified atom stereocenters. The van der Waals surface area contributed by atoms with Gasteiger partial charge in [-0.2, -0.15) is 0 Å². The Morgan fingerprint density at radius 1 is 1.44 bits per heavy atom. The highest BCUT2D eigenvalue weighted by molar-refractivity contribution is 5.05. The lowest BCUT2D eigenvalue weighted by Gasteiger charge is -2.23. The fraction of sp³-hybridized carbons (Fsp3) is 0.667. The second-order valence-electron chi connectivity index (χ2n) is 4.71. The van der Waals surface area contributed by atoms with Gasteiger partial charge in [0.25, 0.3) is 5.56 Å². The van der Waals surface area contributed by atoms with Gasteiger partial charge in [0.1, 0.15) is 0 Å². The number of aryl methyl sites for hydroxylation is 1. The Morgan fingerprint density at radius 3 is 2.89 bits per heavy atom. The monoisotopic (exact) mass is 253 g/mol. The van der Waals surface area contributed by atoms with Crippen molar-refractivity contribution in [2.45, 2.75) is 25.4 Å². The van der Waals surface area contributed by atoms with Crippen LogP contribution in [0.3, 0.4) is 0 Å². The molecule has 6 heteroatoms. The number of nitrogens with one attached hydrogen (secondary N) is 1. The van der Waals surface area contributed by atoms with Gasteiger partial charge in [0.15, 0.2) is 0 Å². The topological polar surface area (TPSA) is 65.3 Å². The van der Waals surface area contributed by atoms with Gasteiger partial charge in [-0.15, -0.1) is 0 Å². The molecular formula is C12H19N3O3. The Balaban J connectivity index is 2.10. The number of hydrogen-bond donors (Lipinski definition) is 1. The van der Waals surface area contributed by atoms with Crippen molar-refractivity contribution in [1.82, 2.24) is 14.5 Å². The first-order valence-corrected chi connectivity index (χ1v) is 6.16. The van der Waals surface area contributed by atoms with E-state index in [1.807, 2.05) is 0 Å². The highest BCUT2D eigenvalue weighted by Crippen LogP contribution is 2.06. The van der Waals surface area contributed by atoms with E-state index in [0.29, 0.717) is 24.8 Å². The Kier molecular flexibility index (Phi) is 3.98. The smallest absolute Gasteiger partial charge is 0.330 e. The highest BCUT2D eigenvalue weighted by Gasteiger charge is 2.14. The average Bonchev–Trinajstić information content (AvgIpc) is 2.40. The first kappa shape index (κ1) is 13.0. The Bertz CT molecular complexity index is 526. The summed E-state index contributed by atoms with van der Waals surface area (Å²) in [5.74, 6) is 0. The van der Waals surface area contributed by atoms with Crippen molar-refractivity contribution in [3.05, 3.63) is 32.6 Å². The molecule has 18 heavy (non-hydrogen) atoms. The van der Waals surface area contributed by atoms with Crippen molar-refractivity contribution in [2.75, 3.05) is 13.2 Å². The van der Waals surface area contributed by atoms with E-state index in [1.54, 1.807) is 13.2 Å². The Labute approximate surface area is 105 Å². The summed E-state index contributed by atoms with van der Waals surface area (Å²) in [5.41, 5.74) is 0.0669. The molecule has 0 aromatic carbocycles. The van der Waals surface area contributed by atoms with Crippen molar-refractivity contribution in [2.24, 2.45) is 14.1 Å². The third kappa shape index (κ3) is 2.70. The van der Waals surface area contributed by atoms with Crippen molar-refractivity contribution < 1.29 is 4.74 Å². The molecular weight excluding hydrogens is 234 g/mol. The third-order valence-electron chi connectivity index (χ3n) is 3.26. The summed E-state index contributed by atoms with van der Waals surface area (Å²) >= 11 is 0. The molecule has 1 N–H and O–H groups in total. The molecule has 1 aliphatic rings. The first-order chi connectivity index (χ1) is 8.59. The summed E-state index contributed by atoms with van der Waals surface area (Å²) in [5, 5.41) is 3.30. The van der Waals surface area contributed by atoms with Gasteiger partial charge < -0.3 is 14.6 Å². The Hall–Kier alpha value is -1.40. The molecule has 6 nitrogen and oxygen atoms in total. The predicted octanol–water partition coefficient (Wildman–Crippen LogP) is -0.647. The maximum Gasteiger partial charge on any atom is 0.330 e. The van der Waals surface area contributed by atoms with Crippen LogP contribution in [-0.4, -0.2) is 28.4 Å². The van der Waals surface area contributed by atoms with Gasteiger partial charge in [0, 0.05) is 45.0 Å². The van der Waals surface area contributed by atoms with Crippen LogP contribution in [0.4, 0.5) is 0 Å². The molecule has 2 heterocycles. The van der Waals surface area contributed by atoms with E-state index in [-0.39, 0.29) is 11.2 Å². The van der Waals surface area contributed by atoms with Crippen LogP contribution < -0.4 is 16.6 Å². The molecule has 1 atom stereocenters. The van der Waals surface area contributed by atoms with Crippen molar-refractivity contribution in [3.8, 4) is 0 Å². The highest BCUT2D eigenvalue weighted by atomic mass is 16.5. The third-order valence-corrected chi connectivity index (χ3v) is 3.26. The second-order valence-corrected chi connectivity index (χ2v) is 4.71. The van der Waals surface area contributed by atoms with Crippen LogP contribution in [0.25, 0.3) is 0 Å². The van der Waals surface area contributed by atoms with E-state index >= 15 is 0 Å². The summed E-state index contributed by atoms with van der Waals surface area (Å²) in [6, 6.07) is 0.292. The van der Waals surface area contributed by atoms with E-state index in [2.05, 4.69) is 5.32 Å². The van der Waals surface area contributed by atoms with Crippen LogP contribution in [0.15, 0.2) is 15.8 Å². The fourth-order valence-corrected chi connectivity index (χ4v) is 2.16. The molecule has 0 amide bonds. The molecule has 0 spiro atoms. The van der Waals surface area contributed by atoms with Gasteiger partial charge in [-0.25, -0.2) is 4.79 Å². The first-order valence-electron chi connectivity index (χ1n) is 6.16. The zero-order valence-corrected chi connectivity index (χ0v) is 10.8. The van der Waals surface area contributed by atoms with E-state index in [1.165, 1.54) is 11.6 Å². The van der Waals surface area contributed by atoms with Crippen molar-refractivity contribution >= 4 is 0 Å². The van der Waals surface area contributed by atoms with Gasteiger partial charge in [-0.05, 0) is 12.8 Å². The quantitative estimate of drug-likeness (QED) is 0.777. The van der Waals surface area contributed by atoms with Gasteiger partial charge in [-0.1, -0.05) is 0 Å². The minimum absolute atomic E-state index is 0.234. The lowest BCUT2D eigenvalue weighted by Crippen LogP contribution is -2.42. The molecule has 0 aliphatic carbocycles. The summed E-state index contributed by atoms with van der Waals surface area (Å²) < 4.78 is 7.93. The van der Waals surface area contributed by atoms with Crippen LogP contribution in [0.5, 0.6) is 0 Å². The normalized spacial score (nSPS) is 20.0. The number of ether oxygens (including phenoxy) is 1. The number of rotatable bonds is 3. The molecule has 1 saturated heterocycles. The van der Waals surface area contributed by atoms with Crippen LogP contribution in [-0.2, 0) is 25.4 Å². The maximum atomic E-state index is 11.9.